The van der Waals surface area contributed by atoms with E-state index in [0.29, 0.717) is 37.2 Å². The summed E-state index contributed by atoms with van der Waals surface area (Å²) < 4.78 is 89.5. The molecule has 1 atom stereocenters. The summed E-state index contributed by atoms with van der Waals surface area (Å²) in [6.45, 7) is 7.26. The number of likely N-dealkylation sites (tertiary alicyclic amines) is 1. The van der Waals surface area contributed by atoms with Crippen LogP contribution in [0.25, 0.3) is 11.3 Å². The number of nitrogens with zero attached hydrogens (tertiary/aromatic N) is 2. The third kappa shape index (κ3) is 7.42. The minimum atomic E-state index is -5.03. The molecule has 0 bridgehead atoms. The van der Waals surface area contributed by atoms with Gasteiger partial charge in [-0.05, 0) is 83.2 Å². The van der Waals surface area contributed by atoms with Gasteiger partial charge >= 0.3 is 18.4 Å². The van der Waals surface area contributed by atoms with Gasteiger partial charge in [-0.3, -0.25) is 4.79 Å². The molecule has 2 aliphatic rings. The molecule has 2 amide bonds. The SMILES string of the molecule is Cc1c(C(=O)NC2CCCCC2)cc(-c2cc(C(F)(F)F)cc(C(F)(F)F)c2)n1C[C@@H]1CCCN1C(=O)OC(C)(C)C. The lowest BCUT2D eigenvalue weighted by Gasteiger charge is -2.29. The molecule has 1 saturated heterocycles. The molecule has 1 aliphatic carbocycles. The molecule has 2 aromatic rings. The second-order valence-electron chi connectivity index (χ2n) is 12.2. The van der Waals surface area contributed by atoms with Crippen molar-refractivity contribution in [3.63, 3.8) is 0 Å². The molecule has 1 aromatic heterocycles. The highest BCUT2D eigenvalue weighted by Crippen LogP contribution is 2.40. The van der Waals surface area contributed by atoms with E-state index >= 15 is 0 Å². The van der Waals surface area contributed by atoms with E-state index in [0.717, 1.165) is 32.1 Å². The smallest absolute Gasteiger partial charge is 0.416 e. The zero-order chi connectivity index (χ0) is 31.0. The highest BCUT2D eigenvalue weighted by molar-refractivity contribution is 5.97. The number of carbonyl (C=O) groups is 2. The molecule has 0 unspecified atom stereocenters. The standard InChI is InChI=1S/C30H37F6N3O3/c1-18-24(26(40)37-22-9-6-5-7-10-22)16-25(19-13-20(29(31,32)33)15-21(14-19)30(34,35)36)39(18)17-23-11-8-12-38(23)27(41)42-28(2,3)4/h13-16,22-23H,5-12,17H2,1-4H3,(H,37,40)/t23-/m0/s1. The molecule has 0 radical (unpaired) electrons. The predicted octanol–water partition coefficient (Wildman–Crippen LogP) is 7.96. The number of halogens is 6. The number of carbonyl (C=O) groups excluding carboxylic acids is 2. The number of benzene rings is 1. The first-order valence-electron chi connectivity index (χ1n) is 14.2. The summed E-state index contributed by atoms with van der Waals surface area (Å²) in [5, 5.41) is 2.99. The molecule has 6 nitrogen and oxygen atoms in total. The normalized spacial score (nSPS) is 18.8. The highest BCUT2D eigenvalue weighted by Gasteiger charge is 2.38. The first-order chi connectivity index (χ1) is 19.4. The number of nitrogens with one attached hydrogen (secondary N) is 1. The van der Waals surface area contributed by atoms with Gasteiger partial charge in [-0.2, -0.15) is 26.3 Å². The van der Waals surface area contributed by atoms with E-state index in [4.69, 9.17) is 4.74 Å². The van der Waals surface area contributed by atoms with E-state index in [1.165, 1.54) is 11.0 Å². The maximum atomic E-state index is 13.7. The van der Waals surface area contributed by atoms with Gasteiger partial charge in [0, 0.05) is 30.5 Å². The van der Waals surface area contributed by atoms with Crippen molar-refractivity contribution in [3.05, 3.63) is 46.6 Å². The van der Waals surface area contributed by atoms with Crippen LogP contribution in [0, 0.1) is 6.92 Å². The summed E-state index contributed by atoms with van der Waals surface area (Å²) in [7, 11) is 0. The number of rotatable bonds is 5. The van der Waals surface area contributed by atoms with Crippen molar-refractivity contribution in [2.75, 3.05) is 6.54 Å². The summed E-state index contributed by atoms with van der Waals surface area (Å²) in [5.74, 6) is -0.433. The highest BCUT2D eigenvalue weighted by atomic mass is 19.4. The van der Waals surface area contributed by atoms with Crippen molar-refractivity contribution < 1.29 is 40.7 Å². The van der Waals surface area contributed by atoms with Gasteiger partial charge in [0.1, 0.15) is 5.60 Å². The molecule has 0 spiro atoms. The van der Waals surface area contributed by atoms with Crippen LogP contribution in [0.1, 0.15) is 92.9 Å². The molecule has 1 N–H and O–H groups in total. The molecular weight excluding hydrogens is 564 g/mol. The van der Waals surface area contributed by atoms with Gasteiger partial charge in [0.2, 0.25) is 0 Å². The Morgan fingerprint density at radius 2 is 1.48 bits per heavy atom. The Kier molecular flexibility index (Phi) is 8.95. The molecule has 2 heterocycles. The first kappa shape index (κ1) is 31.7. The topological polar surface area (TPSA) is 63.6 Å². The molecular formula is C30H37F6N3O3. The average molecular weight is 602 g/mol. The fourth-order valence-corrected chi connectivity index (χ4v) is 5.76. The predicted molar refractivity (Wildman–Crippen MR) is 145 cm³/mol. The lowest BCUT2D eigenvalue weighted by atomic mass is 9.95. The monoisotopic (exact) mass is 601 g/mol. The molecule has 1 aliphatic heterocycles. The second-order valence-corrected chi connectivity index (χ2v) is 12.2. The molecule has 4 rings (SSSR count). The van der Waals surface area contributed by atoms with Crippen LogP contribution >= 0.6 is 0 Å². The van der Waals surface area contributed by atoms with Gasteiger partial charge in [0.25, 0.3) is 5.91 Å². The Balaban J connectivity index is 1.79. The Morgan fingerprint density at radius 3 is 2.02 bits per heavy atom. The van der Waals surface area contributed by atoms with Crippen LogP contribution in [0.2, 0.25) is 0 Å². The van der Waals surface area contributed by atoms with Crippen LogP contribution in [0.15, 0.2) is 24.3 Å². The lowest BCUT2D eigenvalue weighted by Crippen LogP contribution is -2.41. The van der Waals surface area contributed by atoms with Gasteiger partial charge in [0.05, 0.1) is 22.7 Å². The van der Waals surface area contributed by atoms with Gasteiger partial charge in [-0.25, -0.2) is 4.79 Å². The first-order valence-corrected chi connectivity index (χ1v) is 14.2. The summed E-state index contributed by atoms with van der Waals surface area (Å²) in [6, 6.07) is 2.29. The summed E-state index contributed by atoms with van der Waals surface area (Å²) in [4.78, 5) is 27.8. The second kappa shape index (κ2) is 11.8. The van der Waals surface area contributed by atoms with E-state index in [-0.39, 0.29) is 35.5 Å². The number of alkyl halides is 6. The number of hydrogen-bond donors (Lipinski definition) is 1. The molecule has 1 saturated carbocycles. The van der Waals surface area contributed by atoms with Gasteiger partial charge in [0.15, 0.2) is 0 Å². The van der Waals surface area contributed by atoms with Crippen molar-refractivity contribution in [2.45, 2.75) is 109 Å². The molecule has 12 heteroatoms. The van der Waals surface area contributed by atoms with E-state index in [1.54, 1.807) is 32.3 Å². The average Bonchev–Trinajstić information content (AvgIpc) is 3.47. The van der Waals surface area contributed by atoms with Crippen LogP contribution in [-0.4, -0.2) is 45.7 Å². The van der Waals surface area contributed by atoms with Crippen LogP contribution in [0.4, 0.5) is 31.1 Å². The van der Waals surface area contributed by atoms with Crippen LogP contribution in [0.5, 0.6) is 0 Å². The number of amides is 2. The zero-order valence-corrected chi connectivity index (χ0v) is 24.2. The van der Waals surface area contributed by atoms with Crippen LogP contribution in [0.3, 0.4) is 0 Å². The molecule has 232 valence electrons. The Bertz CT molecular complexity index is 1270. The van der Waals surface area contributed by atoms with E-state index in [1.807, 2.05) is 0 Å². The number of aromatic nitrogens is 1. The van der Waals surface area contributed by atoms with Crippen molar-refractivity contribution in [1.82, 2.24) is 14.8 Å². The van der Waals surface area contributed by atoms with Gasteiger partial charge in [-0.1, -0.05) is 19.3 Å². The fraction of sp³-hybridized carbons (Fsp3) is 0.600. The molecule has 1 aromatic carbocycles. The molecule has 2 fully saturated rings. The van der Waals surface area contributed by atoms with E-state index < -0.39 is 47.1 Å². The number of hydrogen-bond acceptors (Lipinski definition) is 3. The Labute approximate surface area is 241 Å². The minimum Gasteiger partial charge on any atom is -0.444 e. The summed E-state index contributed by atoms with van der Waals surface area (Å²) in [5.41, 5.74) is -3.37. The van der Waals surface area contributed by atoms with Crippen molar-refractivity contribution in [2.24, 2.45) is 0 Å². The van der Waals surface area contributed by atoms with Crippen molar-refractivity contribution in [3.8, 4) is 11.3 Å². The van der Waals surface area contributed by atoms with Crippen LogP contribution < -0.4 is 5.32 Å². The van der Waals surface area contributed by atoms with Crippen molar-refractivity contribution in [1.29, 1.82) is 0 Å². The fourth-order valence-electron chi connectivity index (χ4n) is 5.76. The summed E-state index contributed by atoms with van der Waals surface area (Å²) >= 11 is 0. The molecule has 42 heavy (non-hydrogen) atoms. The maximum absolute atomic E-state index is 13.7. The Hall–Kier alpha value is -3.18. The Morgan fingerprint density at radius 1 is 0.881 bits per heavy atom. The van der Waals surface area contributed by atoms with E-state index in [9.17, 15) is 35.9 Å². The van der Waals surface area contributed by atoms with Crippen molar-refractivity contribution >= 4 is 12.0 Å². The van der Waals surface area contributed by atoms with E-state index in [2.05, 4.69) is 5.32 Å². The summed E-state index contributed by atoms with van der Waals surface area (Å²) in [6.07, 6.45) is -4.81. The number of ether oxygens (including phenoxy) is 1. The zero-order valence-electron chi connectivity index (χ0n) is 24.2. The third-order valence-corrected chi connectivity index (χ3v) is 7.83. The lowest BCUT2D eigenvalue weighted by molar-refractivity contribution is -0.143. The maximum Gasteiger partial charge on any atom is 0.416 e. The third-order valence-electron chi connectivity index (χ3n) is 7.83. The largest absolute Gasteiger partial charge is 0.444 e. The van der Waals surface area contributed by atoms with Crippen LogP contribution in [-0.2, 0) is 23.6 Å². The van der Waals surface area contributed by atoms with Gasteiger partial charge < -0.3 is 19.5 Å². The quantitative estimate of drug-likeness (QED) is 0.354. The minimum absolute atomic E-state index is 0.0360. The van der Waals surface area contributed by atoms with Gasteiger partial charge in [-0.15, -0.1) is 0 Å².